The van der Waals surface area contributed by atoms with Crippen LogP contribution in [0.3, 0.4) is 0 Å². The molecular formula is C15H23ClN2. The van der Waals surface area contributed by atoms with Crippen LogP contribution in [0.4, 0.5) is 5.69 Å². The molecule has 3 heteroatoms. The van der Waals surface area contributed by atoms with E-state index in [2.05, 4.69) is 31.1 Å². The molecule has 1 fully saturated rings. The van der Waals surface area contributed by atoms with Gasteiger partial charge >= 0.3 is 0 Å². The van der Waals surface area contributed by atoms with Crippen LogP contribution >= 0.6 is 11.6 Å². The first-order valence-corrected chi connectivity index (χ1v) is 7.20. The lowest BCUT2D eigenvalue weighted by Crippen LogP contribution is -2.31. The van der Waals surface area contributed by atoms with Gasteiger partial charge in [-0.2, -0.15) is 0 Å². The topological polar surface area (TPSA) is 24.9 Å². The number of aromatic nitrogens is 1. The largest absolute Gasteiger partial charge is 0.380 e. The summed E-state index contributed by atoms with van der Waals surface area (Å²) in [5, 5.41) is 4.29. The van der Waals surface area contributed by atoms with Crippen molar-refractivity contribution in [3.8, 4) is 0 Å². The van der Waals surface area contributed by atoms with Crippen LogP contribution in [0.25, 0.3) is 0 Å². The molecule has 0 unspecified atom stereocenters. The molecule has 1 aromatic heterocycles. The third-order valence-electron chi connectivity index (χ3n) is 4.08. The lowest BCUT2D eigenvalue weighted by Gasteiger charge is -2.37. The summed E-state index contributed by atoms with van der Waals surface area (Å²) in [6.07, 6.45) is 8.61. The second-order valence-electron chi connectivity index (χ2n) is 6.41. The van der Waals surface area contributed by atoms with Crippen LogP contribution in [0, 0.1) is 11.3 Å². The first kappa shape index (κ1) is 13.7. The molecule has 0 radical (unpaired) electrons. The van der Waals surface area contributed by atoms with Gasteiger partial charge in [-0.05, 0) is 43.1 Å². The molecular weight excluding hydrogens is 244 g/mol. The summed E-state index contributed by atoms with van der Waals surface area (Å²) in [5.74, 6) is 0.847. The minimum absolute atomic E-state index is 0.441. The zero-order valence-corrected chi connectivity index (χ0v) is 12.3. The maximum absolute atomic E-state index is 6.14. The first-order chi connectivity index (χ1) is 8.47. The van der Waals surface area contributed by atoms with Gasteiger partial charge in [-0.3, -0.25) is 4.98 Å². The fraction of sp³-hybridized carbons (Fsp3) is 0.667. The number of halogens is 1. The van der Waals surface area contributed by atoms with Gasteiger partial charge in [0.1, 0.15) is 0 Å². The number of rotatable bonds is 2. The van der Waals surface area contributed by atoms with Crippen molar-refractivity contribution in [2.75, 3.05) is 5.32 Å². The molecule has 2 rings (SSSR count). The minimum Gasteiger partial charge on any atom is -0.380 e. The van der Waals surface area contributed by atoms with Gasteiger partial charge in [0.25, 0.3) is 0 Å². The number of nitrogens with zero attached hydrogens (tertiary/aromatic N) is 1. The highest BCUT2D eigenvalue weighted by Gasteiger charge is 2.29. The maximum atomic E-state index is 6.14. The molecule has 2 nitrogen and oxygen atoms in total. The zero-order chi connectivity index (χ0) is 13.2. The van der Waals surface area contributed by atoms with Crippen molar-refractivity contribution in [1.82, 2.24) is 4.98 Å². The van der Waals surface area contributed by atoms with Crippen LogP contribution in [0.1, 0.15) is 46.5 Å². The zero-order valence-electron chi connectivity index (χ0n) is 11.5. The van der Waals surface area contributed by atoms with Crippen molar-refractivity contribution >= 4 is 17.3 Å². The number of nitrogens with one attached hydrogen (secondary N) is 1. The highest BCUT2D eigenvalue weighted by molar-refractivity contribution is 6.33. The summed E-state index contributed by atoms with van der Waals surface area (Å²) in [4.78, 5) is 4.12. The smallest absolute Gasteiger partial charge is 0.0718 e. The van der Waals surface area contributed by atoms with Crippen molar-refractivity contribution in [2.45, 2.75) is 52.5 Å². The van der Waals surface area contributed by atoms with E-state index in [1.165, 1.54) is 25.7 Å². The third kappa shape index (κ3) is 3.38. The van der Waals surface area contributed by atoms with Crippen molar-refractivity contribution in [3.05, 3.63) is 23.5 Å². The molecule has 1 N–H and O–H groups in total. The Bertz CT molecular complexity index is 390. The molecule has 0 amide bonds. The van der Waals surface area contributed by atoms with E-state index in [-0.39, 0.29) is 0 Å². The molecule has 1 heterocycles. The summed E-state index contributed by atoms with van der Waals surface area (Å²) < 4.78 is 0. The molecule has 0 atom stereocenters. The molecule has 0 saturated heterocycles. The van der Waals surface area contributed by atoms with Gasteiger partial charge in [0.2, 0.25) is 0 Å². The second kappa shape index (κ2) is 5.48. The Morgan fingerprint density at radius 2 is 1.89 bits per heavy atom. The van der Waals surface area contributed by atoms with Gasteiger partial charge in [0.05, 0.1) is 16.9 Å². The first-order valence-electron chi connectivity index (χ1n) is 6.83. The monoisotopic (exact) mass is 266 g/mol. The van der Waals surface area contributed by atoms with Crippen molar-refractivity contribution in [2.24, 2.45) is 11.3 Å². The van der Waals surface area contributed by atoms with Crippen LogP contribution in [0.5, 0.6) is 0 Å². The summed E-state index contributed by atoms with van der Waals surface area (Å²) in [6, 6.07) is 2.38. The van der Waals surface area contributed by atoms with Gasteiger partial charge < -0.3 is 5.32 Å². The third-order valence-corrected chi connectivity index (χ3v) is 4.41. The molecule has 0 aromatic carbocycles. The summed E-state index contributed by atoms with van der Waals surface area (Å²) in [7, 11) is 0. The average molecular weight is 267 g/mol. The Kier molecular flexibility index (Phi) is 4.16. The maximum Gasteiger partial charge on any atom is 0.0718 e. The SMILES string of the molecule is CC(C)(C)C1CCC(Nc2cnccc2Cl)CC1. The quantitative estimate of drug-likeness (QED) is 0.835. The molecule has 0 aliphatic heterocycles. The predicted molar refractivity (Wildman–Crippen MR) is 78.1 cm³/mol. The van der Waals surface area contributed by atoms with Crippen molar-refractivity contribution in [1.29, 1.82) is 0 Å². The lowest BCUT2D eigenvalue weighted by atomic mass is 9.71. The van der Waals surface area contributed by atoms with Gasteiger partial charge in [-0.15, -0.1) is 0 Å². The Morgan fingerprint density at radius 1 is 1.22 bits per heavy atom. The molecule has 1 saturated carbocycles. The van der Waals surface area contributed by atoms with E-state index in [0.717, 1.165) is 16.6 Å². The van der Waals surface area contributed by atoms with Crippen LogP contribution in [0.2, 0.25) is 5.02 Å². The number of pyridine rings is 1. The van der Waals surface area contributed by atoms with Gasteiger partial charge in [-0.1, -0.05) is 32.4 Å². The molecule has 1 aromatic rings. The van der Waals surface area contributed by atoms with Crippen LogP contribution in [0.15, 0.2) is 18.5 Å². The highest BCUT2D eigenvalue weighted by atomic mass is 35.5. The second-order valence-corrected chi connectivity index (χ2v) is 6.82. The van der Waals surface area contributed by atoms with Crippen molar-refractivity contribution in [3.63, 3.8) is 0 Å². The Labute approximate surface area is 115 Å². The molecule has 18 heavy (non-hydrogen) atoms. The Balaban J connectivity index is 1.90. The summed E-state index contributed by atoms with van der Waals surface area (Å²) in [5.41, 5.74) is 1.41. The molecule has 100 valence electrons. The number of hydrogen-bond donors (Lipinski definition) is 1. The van der Waals surface area contributed by atoms with E-state index >= 15 is 0 Å². The van der Waals surface area contributed by atoms with Crippen LogP contribution in [-0.2, 0) is 0 Å². The average Bonchev–Trinajstić information content (AvgIpc) is 2.32. The fourth-order valence-corrected chi connectivity index (χ4v) is 2.97. The molecule has 1 aliphatic rings. The van der Waals surface area contributed by atoms with E-state index in [9.17, 15) is 0 Å². The Hall–Kier alpha value is -0.760. The predicted octanol–water partition coefficient (Wildman–Crippen LogP) is 4.75. The normalized spacial score (nSPS) is 24.9. The van der Waals surface area contributed by atoms with E-state index in [4.69, 9.17) is 11.6 Å². The summed E-state index contributed by atoms with van der Waals surface area (Å²) >= 11 is 6.14. The molecule has 0 spiro atoms. The fourth-order valence-electron chi connectivity index (χ4n) is 2.81. The number of anilines is 1. The van der Waals surface area contributed by atoms with Gasteiger partial charge in [0, 0.05) is 12.2 Å². The van der Waals surface area contributed by atoms with E-state index in [1.54, 1.807) is 6.20 Å². The summed E-state index contributed by atoms with van der Waals surface area (Å²) in [6.45, 7) is 7.05. The van der Waals surface area contributed by atoms with Gasteiger partial charge in [0.15, 0.2) is 0 Å². The standard InChI is InChI=1S/C15H23ClN2/c1-15(2,3)11-4-6-12(7-5-11)18-14-10-17-9-8-13(14)16/h8-12,18H,4-7H2,1-3H3. The lowest BCUT2D eigenvalue weighted by molar-refractivity contribution is 0.173. The van der Waals surface area contributed by atoms with E-state index in [1.807, 2.05) is 12.3 Å². The molecule has 1 aliphatic carbocycles. The minimum atomic E-state index is 0.441. The number of hydrogen-bond acceptors (Lipinski definition) is 2. The Morgan fingerprint density at radius 3 is 2.44 bits per heavy atom. The van der Waals surface area contributed by atoms with E-state index < -0.39 is 0 Å². The van der Waals surface area contributed by atoms with Crippen molar-refractivity contribution < 1.29 is 0 Å². The highest BCUT2D eigenvalue weighted by Crippen LogP contribution is 2.38. The van der Waals surface area contributed by atoms with Crippen LogP contribution < -0.4 is 5.32 Å². The van der Waals surface area contributed by atoms with Crippen LogP contribution in [-0.4, -0.2) is 11.0 Å². The molecule has 0 bridgehead atoms. The van der Waals surface area contributed by atoms with Gasteiger partial charge in [-0.25, -0.2) is 0 Å². The van der Waals surface area contributed by atoms with E-state index in [0.29, 0.717) is 11.5 Å².